The minimum absolute atomic E-state index is 0.0476. The summed E-state index contributed by atoms with van der Waals surface area (Å²) in [5.41, 5.74) is 0.746. The van der Waals surface area contributed by atoms with E-state index in [1.807, 2.05) is 4.90 Å². The number of sulfone groups is 1. The summed E-state index contributed by atoms with van der Waals surface area (Å²) in [6.07, 6.45) is -4.41. The summed E-state index contributed by atoms with van der Waals surface area (Å²) in [6.45, 7) is 1.46. The van der Waals surface area contributed by atoms with Crippen molar-refractivity contribution < 1.29 is 45.9 Å². The van der Waals surface area contributed by atoms with E-state index in [4.69, 9.17) is 9.57 Å². The number of hydroxylamine groups is 2. The van der Waals surface area contributed by atoms with Gasteiger partial charge in [0.1, 0.15) is 11.9 Å². The summed E-state index contributed by atoms with van der Waals surface area (Å²) in [4.78, 5) is 32.9. The van der Waals surface area contributed by atoms with Crippen molar-refractivity contribution in [3.05, 3.63) is 89.5 Å². The van der Waals surface area contributed by atoms with Crippen LogP contribution in [0.25, 0.3) is 0 Å². The summed E-state index contributed by atoms with van der Waals surface area (Å²) >= 11 is 0. The number of carbonyl (C=O) groups is 2. The number of rotatable bonds is 12. The monoisotopic (exact) mass is 663 g/mol. The second-order valence-electron chi connectivity index (χ2n) is 10.8. The molecule has 1 saturated heterocycles. The molecular weight excluding hydrogens is 627 g/mol. The van der Waals surface area contributed by atoms with Crippen LogP contribution in [-0.4, -0.2) is 75.6 Å². The summed E-state index contributed by atoms with van der Waals surface area (Å²) in [5, 5.41) is 13.8. The van der Waals surface area contributed by atoms with Crippen molar-refractivity contribution in [3.8, 4) is 5.75 Å². The normalized spacial score (nSPS) is 17.4. The second kappa shape index (κ2) is 14.5. The van der Waals surface area contributed by atoms with E-state index in [0.29, 0.717) is 29.8 Å². The van der Waals surface area contributed by atoms with E-state index in [-0.39, 0.29) is 34.8 Å². The minimum Gasteiger partial charge on any atom is -0.489 e. The SMILES string of the molecule is CCS(=O)(=O)c1ccc([C@H](CO)NC(=O)c2ccc(N3C[C@H](Oc4ccc(C(F)(F)F)cc4)C[C@H]3CC(=O)N(C)OC)cc2)cc1. The van der Waals surface area contributed by atoms with Crippen molar-refractivity contribution in [2.75, 3.05) is 38.0 Å². The van der Waals surface area contributed by atoms with Crippen LogP contribution in [0.3, 0.4) is 0 Å². The third-order valence-electron chi connectivity index (χ3n) is 7.87. The van der Waals surface area contributed by atoms with Gasteiger partial charge in [0.2, 0.25) is 5.91 Å². The Morgan fingerprint density at radius 2 is 1.67 bits per heavy atom. The molecule has 0 bridgehead atoms. The number of nitrogens with one attached hydrogen (secondary N) is 1. The minimum atomic E-state index is -4.46. The van der Waals surface area contributed by atoms with E-state index < -0.39 is 46.2 Å². The standard InChI is InChI=1S/C32H36F3N3O7S/c1-4-46(42,43)28-15-7-21(8-16-28)29(20-39)36-31(41)22-5-11-24(12-6-22)38-19-27(17-25(38)18-30(40)37(2)44-3)45-26-13-9-23(10-14-26)32(33,34)35/h5-16,25,27,29,39H,4,17-20H2,1-3H3,(H,36,41)/t25-,27+,29-/m0/s1. The van der Waals surface area contributed by atoms with Crippen LogP contribution >= 0.6 is 0 Å². The van der Waals surface area contributed by atoms with Gasteiger partial charge in [-0.25, -0.2) is 13.5 Å². The number of ether oxygens (including phenoxy) is 1. The van der Waals surface area contributed by atoms with E-state index in [0.717, 1.165) is 17.2 Å². The topological polar surface area (TPSA) is 125 Å². The number of alkyl halides is 3. The lowest BCUT2D eigenvalue weighted by Crippen LogP contribution is -2.36. The molecule has 4 rings (SSSR count). The van der Waals surface area contributed by atoms with Crippen molar-refractivity contribution in [2.24, 2.45) is 0 Å². The smallest absolute Gasteiger partial charge is 0.416 e. The lowest BCUT2D eigenvalue weighted by Gasteiger charge is -2.27. The zero-order valence-corrected chi connectivity index (χ0v) is 26.3. The van der Waals surface area contributed by atoms with Crippen molar-refractivity contribution in [1.82, 2.24) is 10.4 Å². The quantitative estimate of drug-likeness (QED) is 0.274. The van der Waals surface area contributed by atoms with Crippen LogP contribution in [0.5, 0.6) is 5.75 Å². The van der Waals surface area contributed by atoms with E-state index >= 15 is 0 Å². The molecular formula is C32H36F3N3O7S. The van der Waals surface area contributed by atoms with Gasteiger partial charge in [-0.15, -0.1) is 0 Å². The fraction of sp³-hybridized carbons (Fsp3) is 0.375. The van der Waals surface area contributed by atoms with E-state index in [2.05, 4.69) is 5.32 Å². The van der Waals surface area contributed by atoms with Gasteiger partial charge in [0.15, 0.2) is 9.84 Å². The number of amides is 2. The van der Waals surface area contributed by atoms with Crippen molar-refractivity contribution in [3.63, 3.8) is 0 Å². The Balaban J connectivity index is 1.47. The van der Waals surface area contributed by atoms with Crippen LogP contribution in [0.1, 0.15) is 47.3 Å². The zero-order valence-electron chi connectivity index (χ0n) is 25.5. The number of aliphatic hydroxyl groups is 1. The lowest BCUT2D eigenvalue weighted by molar-refractivity contribution is -0.169. The average molecular weight is 664 g/mol. The highest BCUT2D eigenvalue weighted by atomic mass is 32.2. The van der Waals surface area contributed by atoms with Crippen LogP contribution in [0.4, 0.5) is 18.9 Å². The maximum atomic E-state index is 13.1. The second-order valence-corrected chi connectivity index (χ2v) is 13.1. The van der Waals surface area contributed by atoms with Gasteiger partial charge < -0.3 is 20.1 Å². The zero-order chi connectivity index (χ0) is 33.6. The molecule has 3 aromatic rings. The fourth-order valence-electron chi connectivity index (χ4n) is 5.17. The van der Waals surface area contributed by atoms with Gasteiger partial charge in [-0.1, -0.05) is 19.1 Å². The molecule has 0 spiro atoms. The van der Waals surface area contributed by atoms with Crippen LogP contribution < -0.4 is 15.0 Å². The lowest BCUT2D eigenvalue weighted by atomic mass is 10.1. The largest absolute Gasteiger partial charge is 0.489 e. The molecule has 0 aliphatic carbocycles. The van der Waals surface area contributed by atoms with Gasteiger partial charge in [0, 0.05) is 37.2 Å². The number of hydrogen-bond donors (Lipinski definition) is 2. The third kappa shape index (κ3) is 8.36. The summed E-state index contributed by atoms with van der Waals surface area (Å²) in [7, 11) is -0.528. The van der Waals surface area contributed by atoms with Crippen molar-refractivity contribution >= 4 is 27.3 Å². The number of nitrogens with zero attached hydrogens (tertiary/aromatic N) is 2. The van der Waals surface area contributed by atoms with Gasteiger partial charge in [-0.3, -0.25) is 14.4 Å². The Morgan fingerprint density at radius 1 is 1.04 bits per heavy atom. The van der Waals surface area contributed by atoms with E-state index in [9.17, 15) is 36.3 Å². The number of aliphatic hydroxyl groups excluding tert-OH is 1. The molecule has 46 heavy (non-hydrogen) atoms. The summed E-state index contributed by atoms with van der Waals surface area (Å²) in [6, 6.07) is 15.9. The van der Waals surface area contributed by atoms with Crippen LogP contribution in [-0.2, 0) is 25.6 Å². The molecule has 0 aromatic heterocycles. The number of anilines is 1. The molecule has 1 aliphatic heterocycles. The molecule has 248 valence electrons. The molecule has 1 heterocycles. The molecule has 0 radical (unpaired) electrons. The molecule has 2 amide bonds. The predicted molar refractivity (Wildman–Crippen MR) is 164 cm³/mol. The predicted octanol–water partition coefficient (Wildman–Crippen LogP) is 4.40. The van der Waals surface area contributed by atoms with Crippen LogP contribution in [0.2, 0.25) is 0 Å². The summed E-state index contributed by atoms with van der Waals surface area (Å²) in [5.74, 6) is -0.520. The molecule has 2 N–H and O–H groups in total. The molecule has 14 heteroatoms. The van der Waals surface area contributed by atoms with Crippen molar-refractivity contribution in [2.45, 2.75) is 49.0 Å². The highest BCUT2D eigenvalue weighted by Crippen LogP contribution is 2.33. The molecule has 3 atom stereocenters. The van der Waals surface area contributed by atoms with Gasteiger partial charge in [0.25, 0.3) is 5.91 Å². The first-order valence-corrected chi connectivity index (χ1v) is 16.2. The van der Waals surface area contributed by atoms with Crippen LogP contribution in [0.15, 0.2) is 77.7 Å². The number of hydrogen-bond acceptors (Lipinski definition) is 8. The van der Waals surface area contributed by atoms with Gasteiger partial charge in [-0.2, -0.15) is 13.2 Å². The first kappa shape index (κ1) is 34.7. The molecule has 0 unspecified atom stereocenters. The molecule has 3 aromatic carbocycles. The number of carbonyl (C=O) groups excluding carboxylic acids is 2. The van der Waals surface area contributed by atoms with Gasteiger partial charge in [0.05, 0.1) is 42.5 Å². The first-order chi connectivity index (χ1) is 21.7. The fourth-order valence-corrected chi connectivity index (χ4v) is 6.05. The summed E-state index contributed by atoms with van der Waals surface area (Å²) < 4.78 is 69.2. The Labute approximate surface area is 265 Å². The molecule has 0 saturated carbocycles. The number of halogens is 3. The molecule has 1 aliphatic rings. The highest BCUT2D eigenvalue weighted by molar-refractivity contribution is 7.91. The van der Waals surface area contributed by atoms with E-state index in [1.165, 1.54) is 38.4 Å². The first-order valence-electron chi connectivity index (χ1n) is 14.5. The number of benzene rings is 3. The Morgan fingerprint density at radius 3 is 2.22 bits per heavy atom. The van der Waals surface area contributed by atoms with E-state index in [1.54, 1.807) is 43.3 Å². The Kier molecular flexibility index (Phi) is 11.0. The Bertz CT molecular complexity index is 1600. The van der Waals surface area contributed by atoms with Crippen molar-refractivity contribution in [1.29, 1.82) is 0 Å². The van der Waals surface area contributed by atoms with Gasteiger partial charge >= 0.3 is 6.18 Å². The maximum absolute atomic E-state index is 13.1. The highest BCUT2D eigenvalue weighted by Gasteiger charge is 2.36. The Hall–Kier alpha value is -4.14. The average Bonchev–Trinajstić information content (AvgIpc) is 3.44. The molecule has 10 nitrogen and oxygen atoms in total. The van der Waals surface area contributed by atoms with Gasteiger partial charge in [-0.05, 0) is 66.2 Å². The molecule has 1 fully saturated rings. The van der Waals surface area contributed by atoms with Crippen LogP contribution in [0, 0.1) is 0 Å². The third-order valence-corrected chi connectivity index (χ3v) is 9.62. The maximum Gasteiger partial charge on any atom is 0.416 e.